The first-order chi connectivity index (χ1) is 10.2. The molecule has 0 saturated carbocycles. The van der Waals surface area contributed by atoms with Crippen molar-refractivity contribution >= 4 is 15.7 Å². The molecule has 0 aliphatic rings. The number of sulfonamides is 1. The van der Waals surface area contributed by atoms with E-state index in [0.717, 1.165) is 5.75 Å². The summed E-state index contributed by atoms with van der Waals surface area (Å²) in [5, 5.41) is 0. The minimum absolute atomic E-state index is 0.0973. The summed E-state index contributed by atoms with van der Waals surface area (Å²) in [6.07, 6.45) is 1.26. The number of ether oxygens (including phenoxy) is 1. The molecule has 21 heavy (non-hydrogen) atoms. The third kappa shape index (κ3) is 5.87. The summed E-state index contributed by atoms with van der Waals surface area (Å²) in [5.41, 5.74) is 0.595. The van der Waals surface area contributed by atoms with Gasteiger partial charge in [0.1, 0.15) is 5.75 Å². The first-order valence-corrected chi connectivity index (χ1v) is 8.54. The molecule has 0 amide bonds. The Labute approximate surface area is 125 Å². The lowest BCUT2D eigenvalue weighted by Gasteiger charge is -2.08. The predicted molar refractivity (Wildman–Crippen MR) is 85.0 cm³/mol. The fraction of sp³-hybridized carbons (Fsp3) is 0.250. The molecule has 0 aliphatic carbocycles. The Bertz CT molecular complexity index is 627. The second-order valence-corrected chi connectivity index (χ2v) is 6.50. The van der Waals surface area contributed by atoms with Gasteiger partial charge in [-0.15, -0.1) is 0 Å². The van der Waals surface area contributed by atoms with Gasteiger partial charge in [0.05, 0.1) is 12.4 Å². The van der Waals surface area contributed by atoms with Crippen molar-refractivity contribution in [3.63, 3.8) is 0 Å². The van der Waals surface area contributed by atoms with E-state index >= 15 is 0 Å². The zero-order valence-electron chi connectivity index (χ0n) is 11.7. The third-order valence-electron chi connectivity index (χ3n) is 2.87. The Morgan fingerprint density at radius 3 is 2.14 bits per heavy atom. The van der Waals surface area contributed by atoms with Gasteiger partial charge < -0.3 is 4.74 Å². The van der Waals surface area contributed by atoms with Crippen molar-refractivity contribution in [2.24, 2.45) is 0 Å². The van der Waals surface area contributed by atoms with Crippen LogP contribution in [0.5, 0.6) is 5.75 Å². The van der Waals surface area contributed by atoms with Crippen LogP contribution in [0.1, 0.15) is 12.8 Å². The second kappa shape index (κ2) is 7.69. The van der Waals surface area contributed by atoms with Crippen LogP contribution < -0.4 is 9.46 Å². The topological polar surface area (TPSA) is 55.4 Å². The fourth-order valence-corrected chi connectivity index (χ4v) is 3.02. The van der Waals surface area contributed by atoms with Crippen molar-refractivity contribution in [3.05, 3.63) is 60.7 Å². The Balaban J connectivity index is 1.68. The van der Waals surface area contributed by atoms with Crippen molar-refractivity contribution in [2.75, 3.05) is 17.1 Å². The van der Waals surface area contributed by atoms with E-state index in [9.17, 15) is 8.42 Å². The molecule has 0 unspecified atom stereocenters. The molecule has 0 atom stereocenters. The van der Waals surface area contributed by atoms with Crippen LogP contribution in [0.15, 0.2) is 60.7 Å². The van der Waals surface area contributed by atoms with Crippen LogP contribution in [0.4, 0.5) is 5.69 Å². The molecule has 2 aromatic carbocycles. The van der Waals surface area contributed by atoms with Gasteiger partial charge in [0.25, 0.3) is 0 Å². The molecule has 0 aromatic heterocycles. The van der Waals surface area contributed by atoms with E-state index in [1.54, 1.807) is 24.3 Å². The molecule has 2 aromatic rings. The quantitative estimate of drug-likeness (QED) is 0.761. The van der Waals surface area contributed by atoms with Crippen LogP contribution in [0.25, 0.3) is 0 Å². The number of anilines is 1. The number of hydrogen-bond acceptors (Lipinski definition) is 3. The Hall–Kier alpha value is -2.01. The van der Waals surface area contributed by atoms with E-state index in [-0.39, 0.29) is 5.75 Å². The molecular formula is C16H19NO3S. The molecule has 112 valence electrons. The molecule has 0 heterocycles. The Morgan fingerprint density at radius 2 is 1.48 bits per heavy atom. The Kier molecular flexibility index (Phi) is 5.63. The van der Waals surface area contributed by atoms with E-state index in [0.29, 0.717) is 25.1 Å². The van der Waals surface area contributed by atoms with Crippen molar-refractivity contribution < 1.29 is 13.2 Å². The standard InChI is InChI=1S/C16H19NO3S/c18-21(19,17-15-9-3-1-4-10-15)14-8-7-13-20-16-11-5-2-6-12-16/h1-6,9-12,17H,7-8,13-14H2. The van der Waals surface area contributed by atoms with Crippen LogP contribution in [0.2, 0.25) is 0 Å². The van der Waals surface area contributed by atoms with Crippen molar-refractivity contribution in [2.45, 2.75) is 12.8 Å². The summed E-state index contributed by atoms with van der Waals surface area (Å²) in [4.78, 5) is 0. The van der Waals surface area contributed by atoms with Crippen LogP contribution in [-0.2, 0) is 10.0 Å². The van der Waals surface area contributed by atoms with Gasteiger partial charge in [0.15, 0.2) is 0 Å². The molecule has 0 spiro atoms. The molecule has 0 radical (unpaired) electrons. The third-order valence-corrected chi connectivity index (χ3v) is 4.24. The van der Waals surface area contributed by atoms with Gasteiger partial charge in [-0.1, -0.05) is 36.4 Å². The number of rotatable bonds is 8. The number of unbranched alkanes of at least 4 members (excludes halogenated alkanes) is 1. The summed E-state index contributed by atoms with van der Waals surface area (Å²) in [7, 11) is -3.29. The largest absolute Gasteiger partial charge is 0.494 e. The summed E-state index contributed by atoms with van der Waals surface area (Å²) in [6.45, 7) is 0.519. The monoisotopic (exact) mass is 305 g/mol. The zero-order chi connectivity index (χ0) is 15.0. The average molecular weight is 305 g/mol. The average Bonchev–Trinajstić information content (AvgIpc) is 2.48. The Morgan fingerprint density at radius 1 is 0.857 bits per heavy atom. The molecule has 0 bridgehead atoms. The van der Waals surface area contributed by atoms with Gasteiger partial charge in [-0.25, -0.2) is 8.42 Å². The maximum absolute atomic E-state index is 11.9. The number of para-hydroxylation sites is 2. The first kappa shape index (κ1) is 15.4. The smallest absolute Gasteiger partial charge is 0.232 e. The minimum atomic E-state index is -3.29. The first-order valence-electron chi connectivity index (χ1n) is 6.89. The molecular weight excluding hydrogens is 286 g/mol. The normalized spacial score (nSPS) is 11.0. The number of nitrogens with one attached hydrogen (secondary N) is 1. The molecule has 0 fully saturated rings. The van der Waals surface area contributed by atoms with Crippen molar-refractivity contribution in [1.29, 1.82) is 0 Å². The van der Waals surface area contributed by atoms with E-state index < -0.39 is 10.0 Å². The summed E-state index contributed by atoms with van der Waals surface area (Å²) in [5.74, 6) is 0.905. The summed E-state index contributed by atoms with van der Waals surface area (Å²) < 4.78 is 31.8. The molecule has 0 saturated heterocycles. The van der Waals surface area contributed by atoms with E-state index in [4.69, 9.17) is 4.74 Å². The highest BCUT2D eigenvalue weighted by molar-refractivity contribution is 7.92. The molecule has 2 rings (SSSR count). The maximum Gasteiger partial charge on any atom is 0.232 e. The van der Waals surface area contributed by atoms with Gasteiger partial charge in [-0.05, 0) is 37.1 Å². The lowest BCUT2D eigenvalue weighted by molar-refractivity contribution is 0.309. The lowest BCUT2D eigenvalue weighted by atomic mass is 10.3. The lowest BCUT2D eigenvalue weighted by Crippen LogP contribution is -2.17. The van der Waals surface area contributed by atoms with Gasteiger partial charge in [0.2, 0.25) is 10.0 Å². The number of benzene rings is 2. The zero-order valence-corrected chi connectivity index (χ0v) is 12.6. The highest BCUT2D eigenvalue weighted by atomic mass is 32.2. The summed E-state index contributed by atoms with van der Waals surface area (Å²) >= 11 is 0. The van der Waals surface area contributed by atoms with Crippen LogP contribution in [-0.4, -0.2) is 20.8 Å². The number of hydrogen-bond donors (Lipinski definition) is 1. The minimum Gasteiger partial charge on any atom is -0.494 e. The maximum atomic E-state index is 11.9. The molecule has 5 heteroatoms. The highest BCUT2D eigenvalue weighted by Crippen LogP contribution is 2.11. The fourth-order valence-electron chi connectivity index (χ4n) is 1.84. The molecule has 4 nitrogen and oxygen atoms in total. The van der Waals surface area contributed by atoms with Crippen LogP contribution in [0.3, 0.4) is 0 Å². The summed E-state index contributed by atoms with van der Waals surface area (Å²) in [6, 6.07) is 18.4. The van der Waals surface area contributed by atoms with Gasteiger partial charge >= 0.3 is 0 Å². The van der Waals surface area contributed by atoms with Crippen LogP contribution >= 0.6 is 0 Å². The predicted octanol–water partition coefficient (Wildman–Crippen LogP) is 3.29. The van der Waals surface area contributed by atoms with E-state index in [1.165, 1.54) is 0 Å². The second-order valence-electron chi connectivity index (χ2n) is 4.66. The van der Waals surface area contributed by atoms with Gasteiger partial charge in [0, 0.05) is 5.69 Å². The highest BCUT2D eigenvalue weighted by Gasteiger charge is 2.09. The van der Waals surface area contributed by atoms with Crippen molar-refractivity contribution in [3.8, 4) is 5.75 Å². The molecule has 0 aliphatic heterocycles. The van der Waals surface area contributed by atoms with E-state index in [1.807, 2.05) is 36.4 Å². The van der Waals surface area contributed by atoms with Gasteiger partial charge in [-0.3, -0.25) is 4.72 Å². The molecule has 1 N–H and O–H groups in total. The van der Waals surface area contributed by atoms with Crippen molar-refractivity contribution in [1.82, 2.24) is 0 Å². The van der Waals surface area contributed by atoms with E-state index in [2.05, 4.69) is 4.72 Å². The van der Waals surface area contributed by atoms with Gasteiger partial charge in [-0.2, -0.15) is 0 Å². The SMILES string of the molecule is O=S(=O)(CCCCOc1ccccc1)Nc1ccccc1. The van der Waals surface area contributed by atoms with Crippen LogP contribution in [0, 0.1) is 0 Å².